The lowest BCUT2D eigenvalue weighted by Crippen LogP contribution is -2.49. The average molecular weight is 276 g/mol. The number of nitrogens with zero attached hydrogens (tertiary/aromatic N) is 4. The Kier molecular flexibility index (Phi) is 4.05. The summed E-state index contributed by atoms with van der Waals surface area (Å²) in [5.41, 5.74) is 0. The van der Waals surface area contributed by atoms with Gasteiger partial charge in [0.2, 0.25) is 0 Å². The molecule has 2 fully saturated rings. The molecule has 0 N–H and O–H groups in total. The monoisotopic (exact) mass is 276 g/mol. The zero-order chi connectivity index (χ0) is 13.9. The van der Waals surface area contributed by atoms with E-state index in [0.717, 1.165) is 25.9 Å². The van der Waals surface area contributed by atoms with Gasteiger partial charge in [-0.25, -0.2) is 4.98 Å². The molecule has 0 spiro atoms. The van der Waals surface area contributed by atoms with Gasteiger partial charge in [-0.1, -0.05) is 0 Å². The lowest BCUT2D eigenvalue weighted by Gasteiger charge is -2.37. The summed E-state index contributed by atoms with van der Waals surface area (Å²) < 4.78 is 1.82. The van der Waals surface area contributed by atoms with E-state index in [1.807, 2.05) is 17.8 Å². The highest BCUT2D eigenvalue weighted by Crippen LogP contribution is 2.21. The second kappa shape index (κ2) is 5.95. The largest absolute Gasteiger partial charge is 0.332 e. The van der Waals surface area contributed by atoms with E-state index in [-0.39, 0.29) is 5.91 Å². The van der Waals surface area contributed by atoms with E-state index in [0.29, 0.717) is 11.9 Å². The maximum absolute atomic E-state index is 12.7. The number of rotatable bonds is 3. The van der Waals surface area contributed by atoms with E-state index in [4.69, 9.17) is 0 Å². The number of aryl methyl sites for hydroxylation is 1. The molecular formula is C15H24N4O. The topological polar surface area (TPSA) is 41.4 Å². The summed E-state index contributed by atoms with van der Waals surface area (Å²) in [6.45, 7) is 4.31. The molecule has 0 radical (unpaired) electrons. The Morgan fingerprint density at radius 1 is 1.25 bits per heavy atom. The molecule has 110 valence electrons. The molecule has 2 aliphatic rings. The Bertz CT molecular complexity index is 464. The van der Waals surface area contributed by atoms with Crippen LogP contribution < -0.4 is 0 Å². The van der Waals surface area contributed by atoms with E-state index < -0.39 is 0 Å². The molecular weight excluding hydrogens is 252 g/mol. The third-order valence-corrected chi connectivity index (χ3v) is 4.57. The second-order valence-corrected chi connectivity index (χ2v) is 6.02. The summed E-state index contributed by atoms with van der Waals surface area (Å²) in [4.78, 5) is 21.5. The van der Waals surface area contributed by atoms with E-state index in [2.05, 4.69) is 14.8 Å². The number of imidazole rings is 1. The highest BCUT2D eigenvalue weighted by atomic mass is 16.2. The first-order valence-corrected chi connectivity index (χ1v) is 7.76. The smallest absolute Gasteiger partial charge is 0.290 e. The number of piperidine rings is 1. The number of likely N-dealkylation sites (tertiary alicyclic amines) is 2. The summed E-state index contributed by atoms with van der Waals surface area (Å²) in [6.07, 6.45) is 9.64. The molecule has 1 aromatic heterocycles. The third kappa shape index (κ3) is 2.73. The SMILES string of the molecule is Cn1ccnc1C(=O)N1CCCC[C@@H]1CN1CCCC1. The molecule has 0 bridgehead atoms. The predicted octanol–water partition coefficient (Wildman–Crippen LogP) is 1.51. The van der Waals surface area contributed by atoms with Gasteiger partial charge in [0.25, 0.3) is 5.91 Å². The molecule has 3 heterocycles. The van der Waals surface area contributed by atoms with Crippen LogP contribution in [0.5, 0.6) is 0 Å². The Morgan fingerprint density at radius 2 is 2.00 bits per heavy atom. The zero-order valence-electron chi connectivity index (χ0n) is 12.3. The first kappa shape index (κ1) is 13.6. The summed E-state index contributed by atoms with van der Waals surface area (Å²) in [5, 5.41) is 0. The minimum atomic E-state index is 0.0985. The fourth-order valence-electron chi connectivity index (χ4n) is 3.42. The normalized spacial score (nSPS) is 24.2. The molecule has 0 saturated carbocycles. The van der Waals surface area contributed by atoms with Crippen LogP contribution in [0.3, 0.4) is 0 Å². The number of hydrogen-bond acceptors (Lipinski definition) is 3. The highest BCUT2D eigenvalue weighted by Gasteiger charge is 2.31. The second-order valence-electron chi connectivity index (χ2n) is 6.02. The van der Waals surface area contributed by atoms with Crippen molar-refractivity contribution >= 4 is 5.91 Å². The molecule has 3 rings (SSSR count). The van der Waals surface area contributed by atoms with Gasteiger partial charge in [-0.2, -0.15) is 0 Å². The van der Waals surface area contributed by atoms with Crippen molar-refractivity contribution in [3.05, 3.63) is 18.2 Å². The predicted molar refractivity (Wildman–Crippen MR) is 77.6 cm³/mol. The molecule has 1 aromatic rings. The Balaban J connectivity index is 1.71. The number of aromatic nitrogens is 2. The fraction of sp³-hybridized carbons (Fsp3) is 0.733. The number of amides is 1. The van der Waals surface area contributed by atoms with Crippen molar-refractivity contribution in [1.82, 2.24) is 19.4 Å². The standard InChI is InChI=1S/C15H24N4O/c1-17-11-7-16-14(17)15(20)19-10-3-2-6-13(19)12-18-8-4-5-9-18/h7,11,13H,2-6,8-10,12H2,1H3/t13-/m1/s1. The molecule has 5 heteroatoms. The minimum Gasteiger partial charge on any atom is -0.332 e. The van der Waals surface area contributed by atoms with Crippen molar-refractivity contribution in [2.75, 3.05) is 26.2 Å². The van der Waals surface area contributed by atoms with Crippen LogP contribution in [0.4, 0.5) is 0 Å². The van der Waals surface area contributed by atoms with Crippen LogP contribution >= 0.6 is 0 Å². The van der Waals surface area contributed by atoms with Gasteiger partial charge in [0.05, 0.1) is 0 Å². The number of carbonyl (C=O) groups is 1. The maximum Gasteiger partial charge on any atom is 0.290 e. The quantitative estimate of drug-likeness (QED) is 0.840. The van der Waals surface area contributed by atoms with Gasteiger partial charge < -0.3 is 14.4 Å². The Hall–Kier alpha value is -1.36. The maximum atomic E-state index is 12.7. The molecule has 20 heavy (non-hydrogen) atoms. The summed E-state index contributed by atoms with van der Waals surface area (Å²) in [7, 11) is 1.89. The van der Waals surface area contributed by atoms with Gasteiger partial charge in [-0.3, -0.25) is 4.79 Å². The Morgan fingerprint density at radius 3 is 2.70 bits per heavy atom. The van der Waals surface area contributed by atoms with Crippen molar-refractivity contribution in [2.45, 2.75) is 38.1 Å². The molecule has 2 aliphatic heterocycles. The molecule has 5 nitrogen and oxygen atoms in total. The van der Waals surface area contributed by atoms with Gasteiger partial charge in [0, 0.05) is 38.6 Å². The average Bonchev–Trinajstić information content (AvgIpc) is 3.10. The van der Waals surface area contributed by atoms with Crippen LogP contribution in [0.1, 0.15) is 42.7 Å². The molecule has 0 aromatic carbocycles. The minimum absolute atomic E-state index is 0.0985. The first-order valence-electron chi connectivity index (χ1n) is 7.76. The van der Waals surface area contributed by atoms with Crippen molar-refractivity contribution < 1.29 is 4.79 Å². The van der Waals surface area contributed by atoms with Crippen LogP contribution in [0.15, 0.2) is 12.4 Å². The Labute approximate surface area is 120 Å². The third-order valence-electron chi connectivity index (χ3n) is 4.57. The molecule has 0 aliphatic carbocycles. The first-order chi connectivity index (χ1) is 9.75. The van der Waals surface area contributed by atoms with Crippen LogP contribution in [0.25, 0.3) is 0 Å². The molecule has 2 saturated heterocycles. The molecule has 0 unspecified atom stereocenters. The summed E-state index contributed by atoms with van der Waals surface area (Å²) in [5.74, 6) is 0.666. The van der Waals surface area contributed by atoms with Crippen molar-refractivity contribution in [2.24, 2.45) is 7.05 Å². The fourth-order valence-corrected chi connectivity index (χ4v) is 3.42. The number of carbonyl (C=O) groups excluding carboxylic acids is 1. The summed E-state index contributed by atoms with van der Waals surface area (Å²) >= 11 is 0. The summed E-state index contributed by atoms with van der Waals surface area (Å²) in [6, 6.07) is 0.367. The lowest BCUT2D eigenvalue weighted by molar-refractivity contribution is 0.0544. The number of hydrogen-bond donors (Lipinski definition) is 0. The van der Waals surface area contributed by atoms with E-state index >= 15 is 0 Å². The van der Waals surface area contributed by atoms with Gasteiger partial charge in [-0.05, 0) is 45.2 Å². The van der Waals surface area contributed by atoms with Gasteiger partial charge in [-0.15, -0.1) is 0 Å². The van der Waals surface area contributed by atoms with Gasteiger partial charge in [0.15, 0.2) is 5.82 Å². The van der Waals surface area contributed by atoms with E-state index in [9.17, 15) is 4.79 Å². The van der Waals surface area contributed by atoms with E-state index in [1.165, 1.54) is 32.4 Å². The van der Waals surface area contributed by atoms with Crippen LogP contribution in [0, 0.1) is 0 Å². The highest BCUT2D eigenvalue weighted by molar-refractivity contribution is 5.91. The van der Waals surface area contributed by atoms with Crippen molar-refractivity contribution in [3.63, 3.8) is 0 Å². The molecule has 1 atom stereocenters. The van der Waals surface area contributed by atoms with E-state index in [1.54, 1.807) is 6.20 Å². The van der Waals surface area contributed by atoms with Crippen molar-refractivity contribution in [1.29, 1.82) is 0 Å². The lowest BCUT2D eigenvalue weighted by atomic mass is 10.0. The zero-order valence-corrected chi connectivity index (χ0v) is 12.3. The van der Waals surface area contributed by atoms with Gasteiger partial charge >= 0.3 is 0 Å². The van der Waals surface area contributed by atoms with Gasteiger partial charge in [0.1, 0.15) is 0 Å². The van der Waals surface area contributed by atoms with Crippen LogP contribution in [-0.4, -0.2) is 57.5 Å². The van der Waals surface area contributed by atoms with Crippen LogP contribution in [-0.2, 0) is 7.05 Å². The molecule has 1 amide bonds. The van der Waals surface area contributed by atoms with Crippen molar-refractivity contribution in [3.8, 4) is 0 Å². The van der Waals surface area contributed by atoms with Crippen LogP contribution in [0.2, 0.25) is 0 Å².